The van der Waals surface area contributed by atoms with Gasteiger partial charge >= 0.3 is 0 Å². The van der Waals surface area contributed by atoms with Crippen LogP contribution >= 0.6 is 0 Å². The minimum Gasteiger partial charge on any atom is -0.492 e. The average molecular weight is 266 g/mol. The number of nitrogens with zero attached hydrogens (tertiary/aromatic N) is 1. The smallest absolute Gasteiger partial charge is 0.123 e. The summed E-state index contributed by atoms with van der Waals surface area (Å²) in [7, 11) is 5.76. The third-order valence-electron chi connectivity index (χ3n) is 3.20. The molecule has 1 N–H and O–H groups in total. The maximum absolute atomic E-state index is 5.87. The first-order chi connectivity index (χ1) is 9.19. The van der Waals surface area contributed by atoms with Crippen molar-refractivity contribution in [1.82, 2.24) is 10.2 Å². The van der Waals surface area contributed by atoms with Crippen LogP contribution in [0.15, 0.2) is 24.3 Å². The van der Waals surface area contributed by atoms with Gasteiger partial charge in [0.25, 0.3) is 0 Å². The molecule has 1 rings (SSSR count). The second-order valence-electron chi connectivity index (χ2n) is 4.77. The van der Waals surface area contributed by atoms with Gasteiger partial charge in [0.1, 0.15) is 12.4 Å². The van der Waals surface area contributed by atoms with Crippen LogP contribution in [-0.4, -0.2) is 51.9 Å². The van der Waals surface area contributed by atoms with Gasteiger partial charge in [0.2, 0.25) is 0 Å². The lowest BCUT2D eigenvalue weighted by molar-refractivity contribution is 0.105. The van der Waals surface area contributed by atoms with E-state index in [1.807, 2.05) is 25.2 Å². The van der Waals surface area contributed by atoms with Crippen LogP contribution in [0.5, 0.6) is 5.75 Å². The predicted molar refractivity (Wildman–Crippen MR) is 78.7 cm³/mol. The number of methoxy groups -OCH3 is 1. The molecule has 108 valence electrons. The van der Waals surface area contributed by atoms with Crippen molar-refractivity contribution >= 4 is 0 Å². The van der Waals surface area contributed by atoms with E-state index in [1.54, 1.807) is 7.11 Å². The Bertz CT molecular complexity index is 358. The first kappa shape index (κ1) is 16.0. The number of likely N-dealkylation sites (N-methyl/N-ethyl adjacent to an activating group) is 1. The van der Waals surface area contributed by atoms with Crippen molar-refractivity contribution in [2.75, 3.05) is 41.0 Å². The fraction of sp³-hybridized carbons (Fsp3) is 0.600. The fourth-order valence-electron chi connectivity index (χ4n) is 1.87. The normalized spacial score (nSPS) is 12.7. The molecule has 1 unspecified atom stereocenters. The van der Waals surface area contributed by atoms with E-state index >= 15 is 0 Å². The van der Waals surface area contributed by atoms with E-state index in [0.717, 1.165) is 25.4 Å². The summed E-state index contributed by atoms with van der Waals surface area (Å²) in [4.78, 5) is 2.24. The van der Waals surface area contributed by atoms with E-state index in [-0.39, 0.29) is 0 Å². The maximum Gasteiger partial charge on any atom is 0.123 e. The highest BCUT2D eigenvalue weighted by atomic mass is 16.5. The third kappa shape index (κ3) is 5.59. The minimum atomic E-state index is 0.404. The fourth-order valence-corrected chi connectivity index (χ4v) is 1.87. The van der Waals surface area contributed by atoms with E-state index in [4.69, 9.17) is 9.47 Å². The number of para-hydroxylation sites is 1. The Morgan fingerprint density at radius 2 is 2.05 bits per heavy atom. The molecule has 0 bridgehead atoms. The summed E-state index contributed by atoms with van der Waals surface area (Å²) in [5.41, 5.74) is 1.19. The largest absolute Gasteiger partial charge is 0.492 e. The van der Waals surface area contributed by atoms with Crippen molar-refractivity contribution in [3.05, 3.63) is 29.8 Å². The van der Waals surface area contributed by atoms with Crippen LogP contribution in [0.2, 0.25) is 0 Å². The Kier molecular flexibility index (Phi) is 7.48. The van der Waals surface area contributed by atoms with Gasteiger partial charge in [0, 0.05) is 31.8 Å². The van der Waals surface area contributed by atoms with Gasteiger partial charge in [-0.1, -0.05) is 18.2 Å². The summed E-state index contributed by atoms with van der Waals surface area (Å²) in [6.45, 7) is 5.29. The molecule has 0 heterocycles. The lowest BCUT2D eigenvalue weighted by Gasteiger charge is -2.24. The van der Waals surface area contributed by atoms with Crippen molar-refractivity contribution in [3.63, 3.8) is 0 Å². The molecule has 0 aliphatic heterocycles. The van der Waals surface area contributed by atoms with E-state index in [9.17, 15) is 0 Å². The summed E-state index contributed by atoms with van der Waals surface area (Å²) in [5, 5.41) is 3.15. The van der Waals surface area contributed by atoms with Crippen LogP contribution in [0.3, 0.4) is 0 Å². The molecule has 0 spiro atoms. The molecule has 0 aliphatic rings. The number of rotatable bonds is 9. The van der Waals surface area contributed by atoms with Gasteiger partial charge in [-0.3, -0.25) is 4.90 Å². The zero-order valence-corrected chi connectivity index (χ0v) is 12.5. The van der Waals surface area contributed by atoms with E-state index < -0.39 is 0 Å². The molecular weight excluding hydrogens is 240 g/mol. The summed E-state index contributed by atoms with van der Waals surface area (Å²) >= 11 is 0. The summed E-state index contributed by atoms with van der Waals surface area (Å²) in [6.07, 6.45) is 0. The molecule has 0 fully saturated rings. The van der Waals surface area contributed by atoms with Crippen LogP contribution in [0.4, 0.5) is 0 Å². The van der Waals surface area contributed by atoms with Gasteiger partial charge in [-0.15, -0.1) is 0 Å². The number of ether oxygens (including phenoxy) is 2. The van der Waals surface area contributed by atoms with E-state index in [0.29, 0.717) is 12.6 Å². The van der Waals surface area contributed by atoms with Gasteiger partial charge < -0.3 is 14.8 Å². The topological polar surface area (TPSA) is 33.7 Å². The summed E-state index contributed by atoms with van der Waals surface area (Å²) in [5.74, 6) is 0.963. The lowest BCUT2D eigenvalue weighted by atomic mass is 10.2. The summed E-state index contributed by atoms with van der Waals surface area (Å²) < 4.78 is 11.0. The van der Waals surface area contributed by atoms with E-state index in [2.05, 4.69) is 30.3 Å². The number of benzene rings is 1. The Morgan fingerprint density at radius 1 is 1.32 bits per heavy atom. The molecular formula is C15H26N2O2. The zero-order valence-electron chi connectivity index (χ0n) is 12.5. The van der Waals surface area contributed by atoms with Crippen LogP contribution in [0.1, 0.15) is 12.5 Å². The van der Waals surface area contributed by atoms with Gasteiger partial charge in [-0.25, -0.2) is 0 Å². The predicted octanol–water partition coefficient (Wildman–Crippen LogP) is 1.75. The van der Waals surface area contributed by atoms with Crippen LogP contribution < -0.4 is 10.1 Å². The number of nitrogens with one attached hydrogen (secondary N) is 1. The molecule has 4 heteroatoms. The second-order valence-corrected chi connectivity index (χ2v) is 4.77. The van der Waals surface area contributed by atoms with Crippen LogP contribution in [0, 0.1) is 0 Å². The molecule has 19 heavy (non-hydrogen) atoms. The van der Waals surface area contributed by atoms with Crippen LogP contribution in [0.25, 0.3) is 0 Å². The van der Waals surface area contributed by atoms with Crippen molar-refractivity contribution in [3.8, 4) is 5.75 Å². The molecule has 0 saturated carbocycles. The Balaban J connectivity index is 2.40. The molecule has 0 radical (unpaired) electrons. The van der Waals surface area contributed by atoms with Crippen molar-refractivity contribution < 1.29 is 9.47 Å². The number of hydrogen-bond donors (Lipinski definition) is 1. The molecule has 1 atom stereocenters. The molecule has 0 saturated heterocycles. The molecule has 1 aromatic rings. The quantitative estimate of drug-likeness (QED) is 0.738. The molecule has 1 aromatic carbocycles. The van der Waals surface area contributed by atoms with Crippen molar-refractivity contribution in [1.29, 1.82) is 0 Å². The molecule has 4 nitrogen and oxygen atoms in total. The highest BCUT2D eigenvalue weighted by molar-refractivity contribution is 5.33. The van der Waals surface area contributed by atoms with Gasteiger partial charge in [0.15, 0.2) is 0 Å². The Morgan fingerprint density at radius 3 is 2.74 bits per heavy atom. The highest BCUT2D eigenvalue weighted by Crippen LogP contribution is 2.17. The SMILES string of the molecule is CNCc1ccccc1OCCN(C)C(C)COC. The van der Waals surface area contributed by atoms with Gasteiger partial charge in [-0.2, -0.15) is 0 Å². The third-order valence-corrected chi connectivity index (χ3v) is 3.20. The van der Waals surface area contributed by atoms with Gasteiger partial charge in [0.05, 0.1) is 6.61 Å². The van der Waals surface area contributed by atoms with Crippen molar-refractivity contribution in [2.45, 2.75) is 19.5 Å². The molecule has 0 amide bonds. The molecule has 0 aliphatic carbocycles. The van der Waals surface area contributed by atoms with E-state index in [1.165, 1.54) is 5.56 Å². The highest BCUT2D eigenvalue weighted by Gasteiger charge is 2.09. The zero-order chi connectivity index (χ0) is 14.1. The average Bonchev–Trinajstić information content (AvgIpc) is 2.41. The maximum atomic E-state index is 5.87. The second kappa shape index (κ2) is 8.91. The van der Waals surface area contributed by atoms with Gasteiger partial charge in [-0.05, 0) is 27.1 Å². The van der Waals surface area contributed by atoms with Crippen molar-refractivity contribution in [2.24, 2.45) is 0 Å². The van der Waals surface area contributed by atoms with Crippen LogP contribution in [-0.2, 0) is 11.3 Å². The standard InChI is InChI=1S/C15H26N2O2/c1-13(12-18-4)17(3)9-10-19-15-8-6-5-7-14(15)11-16-2/h5-8,13,16H,9-12H2,1-4H3. The first-order valence-corrected chi connectivity index (χ1v) is 6.73. The minimum absolute atomic E-state index is 0.404. The summed E-state index contributed by atoms with van der Waals surface area (Å²) in [6, 6.07) is 8.55. The first-order valence-electron chi connectivity index (χ1n) is 6.73. The Labute approximate surface area is 116 Å². The molecule has 0 aromatic heterocycles. The number of hydrogen-bond acceptors (Lipinski definition) is 4. The Hall–Kier alpha value is -1.10. The lowest BCUT2D eigenvalue weighted by Crippen LogP contribution is -2.35. The monoisotopic (exact) mass is 266 g/mol.